The maximum atomic E-state index is 11.9. The van der Waals surface area contributed by atoms with Crippen LogP contribution in [0.5, 0.6) is 0 Å². The first-order chi connectivity index (χ1) is 9.22. The van der Waals surface area contributed by atoms with Crippen LogP contribution in [0.2, 0.25) is 0 Å². The van der Waals surface area contributed by atoms with Gasteiger partial charge in [-0.2, -0.15) is 0 Å². The molecule has 0 unspecified atom stereocenters. The molecule has 19 heavy (non-hydrogen) atoms. The van der Waals surface area contributed by atoms with Crippen molar-refractivity contribution in [2.24, 2.45) is 0 Å². The minimum Gasteiger partial charge on any atom is -0.461 e. The smallest absolute Gasteiger partial charge is 0.360 e. The Balaban J connectivity index is 2.17. The Hall–Kier alpha value is -2.17. The van der Waals surface area contributed by atoms with Gasteiger partial charge in [0, 0.05) is 12.0 Å². The fourth-order valence-electron chi connectivity index (χ4n) is 1.59. The molecule has 1 aromatic heterocycles. The van der Waals surface area contributed by atoms with Crippen LogP contribution in [0.25, 0.3) is 11.3 Å². The van der Waals surface area contributed by atoms with E-state index in [0.717, 1.165) is 11.1 Å². The lowest BCUT2D eigenvalue weighted by Gasteiger charge is -2.03. The van der Waals surface area contributed by atoms with Crippen molar-refractivity contribution in [2.45, 2.75) is 13.3 Å². The Morgan fingerprint density at radius 3 is 2.79 bits per heavy atom. The molecule has 0 spiro atoms. The zero-order valence-corrected chi connectivity index (χ0v) is 10.6. The van der Waals surface area contributed by atoms with E-state index in [-0.39, 0.29) is 18.7 Å². The van der Waals surface area contributed by atoms with Gasteiger partial charge in [-0.1, -0.05) is 29.8 Å². The first kappa shape index (κ1) is 13.3. The first-order valence-electron chi connectivity index (χ1n) is 5.96. The van der Waals surface area contributed by atoms with Gasteiger partial charge in [-0.25, -0.2) is 9.78 Å². The lowest BCUT2D eigenvalue weighted by molar-refractivity contribution is 0.0488. The van der Waals surface area contributed by atoms with Gasteiger partial charge in [0.2, 0.25) is 0 Å². The number of benzene rings is 1. The van der Waals surface area contributed by atoms with Crippen LogP contribution < -0.4 is 0 Å². The Kier molecular flexibility index (Phi) is 4.28. The van der Waals surface area contributed by atoms with Crippen molar-refractivity contribution in [3.8, 4) is 11.3 Å². The van der Waals surface area contributed by atoms with Gasteiger partial charge >= 0.3 is 5.97 Å². The van der Waals surface area contributed by atoms with Crippen molar-refractivity contribution in [2.75, 3.05) is 13.3 Å². The molecule has 0 aliphatic carbocycles. The summed E-state index contributed by atoms with van der Waals surface area (Å²) < 4.78 is 22.1. The predicted molar refractivity (Wildman–Crippen MR) is 67.6 cm³/mol. The van der Waals surface area contributed by atoms with Gasteiger partial charge in [-0.15, -0.1) is 0 Å². The van der Waals surface area contributed by atoms with Crippen molar-refractivity contribution < 1.29 is 18.3 Å². The first-order valence-corrected chi connectivity index (χ1v) is 5.96. The number of ether oxygens (including phenoxy) is 1. The summed E-state index contributed by atoms with van der Waals surface area (Å²) in [5, 5.41) is 0. The summed E-state index contributed by atoms with van der Waals surface area (Å²) in [5.74, 6) is -0.233. The van der Waals surface area contributed by atoms with Crippen molar-refractivity contribution >= 4 is 5.97 Å². The predicted octanol–water partition coefficient (Wildman–Crippen LogP) is 3.17. The number of carbonyl (C=O) groups excluding carboxylic acids is 1. The molecule has 0 saturated carbocycles. The number of hydrogen-bond donors (Lipinski definition) is 0. The zero-order valence-electron chi connectivity index (χ0n) is 10.6. The van der Waals surface area contributed by atoms with Crippen LogP contribution in [0.3, 0.4) is 0 Å². The number of halogens is 1. The molecule has 0 bridgehead atoms. The molecule has 1 aromatic carbocycles. The average molecular weight is 263 g/mol. The van der Waals surface area contributed by atoms with Crippen LogP contribution in [0, 0.1) is 6.92 Å². The summed E-state index contributed by atoms with van der Waals surface area (Å²) >= 11 is 0. The molecule has 0 N–H and O–H groups in total. The summed E-state index contributed by atoms with van der Waals surface area (Å²) in [6.45, 7) is 1.49. The van der Waals surface area contributed by atoms with Gasteiger partial charge in [0.1, 0.15) is 0 Å². The number of oxazole rings is 1. The highest BCUT2D eigenvalue weighted by Crippen LogP contribution is 2.24. The summed E-state index contributed by atoms with van der Waals surface area (Å²) in [5.41, 5.74) is 1.97. The van der Waals surface area contributed by atoms with E-state index in [1.807, 2.05) is 31.2 Å². The number of aromatic nitrogens is 1. The van der Waals surface area contributed by atoms with Crippen molar-refractivity contribution in [1.82, 2.24) is 4.98 Å². The fourth-order valence-corrected chi connectivity index (χ4v) is 1.59. The number of aryl methyl sites for hydroxylation is 1. The summed E-state index contributed by atoms with van der Waals surface area (Å²) in [4.78, 5) is 15.6. The molecule has 0 aliphatic rings. The van der Waals surface area contributed by atoms with E-state index in [2.05, 4.69) is 4.98 Å². The summed E-state index contributed by atoms with van der Waals surface area (Å²) in [6.07, 6.45) is 1.38. The second kappa shape index (κ2) is 6.13. The molecule has 0 amide bonds. The van der Waals surface area contributed by atoms with Crippen molar-refractivity contribution in [3.63, 3.8) is 0 Å². The Bertz CT molecular complexity index is 548. The molecule has 5 heteroatoms. The quantitative estimate of drug-likeness (QED) is 0.614. The topological polar surface area (TPSA) is 52.3 Å². The zero-order chi connectivity index (χ0) is 13.7. The molecule has 0 saturated heterocycles. The molecule has 0 aliphatic heterocycles. The lowest BCUT2D eigenvalue weighted by atomic mass is 10.1. The molecule has 100 valence electrons. The fraction of sp³-hybridized carbons (Fsp3) is 0.286. The third-order valence-electron chi connectivity index (χ3n) is 2.59. The number of rotatable bonds is 5. The highest BCUT2D eigenvalue weighted by Gasteiger charge is 2.19. The molecule has 2 rings (SSSR count). The van der Waals surface area contributed by atoms with Crippen LogP contribution in [-0.4, -0.2) is 24.2 Å². The van der Waals surface area contributed by atoms with E-state index < -0.39 is 12.6 Å². The Morgan fingerprint density at radius 2 is 2.11 bits per heavy atom. The average Bonchev–Trinajstić information content (AvgIpc) is 2.89. The summed E-state index contributed by atoms with van der Waals surface area (Å²) in [6, 6.07) is 7.51. The molecule has 4 nitrogen and oxygen atoms in total. The van der Waals surface area contributed by atoms with E-state index in [9.17, 15) is 9.18 Å². The maximum absolute atomic E-state index is 11.9. The number of hydrogen-bond acceptors (Lipinski definition) is 4. The Labute approximate surface area is 110 Å². The van der Waals surface area contributed by atoms with Gasteiger partial charge in [-0.05, 0) is 6.92 Å². The van der Waals surface area contributed by atoms with Gasteiger partial charge in [0.25, 0.3) is 0 Å². The number of nitrogens with zero attached hydrogens (tertiary/aromatic N) is 1. The third kappa shape index (κ3) is 3.19. The molecule has 0 radical (unpaired) electrons. The standard InChI is InChI=1S/C14H14FNO3/c1-10-3-5-11(6-4-10)13-12(16-9-19-13)14(17)18-8-2-7-15/h3-6,9H,2,7-8H2,1H3. The van der Waals surface area contributed by atoms with Gasteiger partial charge in [0.05, 0.1) is 13.3 Å². The molecule has 2 aromatic rings. The van der Waals surface area contributed by atoms with Gasteiger partial charge in [-0.3, -0.25) is 4.39 Å². The summed E-state index contributed by atoms with van der Waals surface area (Å²) in [7, 11) is 0. The van der Waals surface area contributed by atoms with Gasteiger partial charge in [0.15, 0.2) is 17.8 Å². The molecular weight excluding hydrogens is 249 g/mol. The minimum atomic E-state index is -0.599. The van der Waals surface area contributed by atoms with Crippen molar-refractivity contribution in [3.05, 3.63) is 41.9 Å². The van der Waals surface area contributed by atoms with E-state index in [0.29, 0.717) is 5.76 Å². The number of alkyl halides is 1. The lowest BCUT2D eigenvalue weighted by Crippen LogP contribution is -2.08. The molecular formula is C14H14FNO3. The molecule has 1 heterocycles. The van der Waals surface area contributed by atoms with E-state index in [1.165, 1.54) is 6.39 Å². The van der Waals surface area contributed by atoms with Crippen LogP contribution in [-0.2, 0) is 4.74 Å². The maximum Gasteiger partial charge on any atom is 0.360 e. The highest BCUT2D eigenvalue weighted by molar-refractivity contribution is 5.93. The van der Waals surface area contributed by atoms with E-state index >= 15 is 0 Å². The second-order valence-electron chi connectivity index (χ2n) is 4.07. The van der Waals surface area contributed by atoms with E-state index in [1.54, 1.807) is 0 Å². The minimum absolute atomic E-state index is 0.0372. The normalized spacial score (nSPS) is 10.4. The molecule has 0 fully saturated rings. The SMILES string of the molecule is Cc1ccc(-c2ocnc2C(=O)OCCCF)cc1. The second-order valence-corrected chi connectivity index (χ2v) is 4.07. The van der Waals surface area contributed by atoms with Crippen LogP contribution >= 0.6 is 0 Å². The third-order valence-corrected chi connectivity index (χ3v) is 2.59. The Morgan fingerprint density at radius 1 is 1.37 bits per heavy atom. The number of carbonyl (C=O) groups is 1. The molecule has 0 atom stereocenters. The van der Waals surface area contributed by atoms with Crippen molar-refractivity contribution in [1.29, 1.82) is 0 Å². The largest absolute Gasteiger partial charge is 0.461 e. The van der Waals surface area contributed by atoms with Crippen LogP contribution in [0.1, 0.15) is 22.5 Å². The van der Waals surface area contributed by atoms with Crippen LogP contribution in [0.4, 0.5) is 4.39 Å². The van der Waals surface area contributed by atoms with Gasteiger partial charge < -0.3 is 9.15 Å². The number of esters is 1. The highest BCUT2D eigenvalue weighted by atomic mass is 19.1. The monoisotopic (exact) mass is 263 g/mol. The van der Waals surface area contributed by atoms with Crippen LogP contribution in [0.15, 0.2) is 35.1 Å². The van der Waals surface area contributed by atoms with E-state index in [4.69, 9.17) is 9.15 Å².